The molecule has 0 spiro atoms. The van der Waals surface area contributed by atoms with E-state index in [1.807, 2.05) is 13.8 Å². The predicted octanol–water partition coefficient (Wildman–Crippen LogP) is 2.25. The number of hydrogen-bond acceptors (Lipinski definition) is 2. The molecule has 0 rings (SSSR count). The summed E-state index contributed by atoms with van der Waals surface area (Å²) in [5.74, 6) is -0.741. The summed E-state index contributed by atoms with van der Waals surface area (Å²) in [6, 6.07) is 0. The van der Waals surface area contributed by atoms with E-state index in [0.29, 0.717) is 6.42 Å². The fraction of sp³-hybridized carbons (Fsp3) is 0.800. The molecule has 0 bridgehead atoms. The molecular weight excluding hydrogens is 168 g/mol. The maximum atomic E-state index is 11.0. The standard InChI is InChI=1S/C10H18O3/c1-4-10(5-2,6-8(3)11)7-9(12)13/h4-7H2,1-3H3,(H,12,13). The lowest BCUT2D eigenvalue weighted by Crippen LogP contribution is -2.25. The average Bonchev–Trinajstić information content (AvgIpc) is 2.01. The van der Waals surface area contributed by atoms with Crippen molar-refractivity contribution >= 4 is 11.8 Å². The number of aliphatic carboxylic acids is 1. The largest absolute Gasteiger partial charge is 0.481 e. The molecule has 0 amide bonds. The van der Waals surface area contributed by atoms with Crippen molar-refractivity contribution in [2.75, 3.05) is 0 Å². The van der Waals surface area contributed by atoms with Gasteiger partial charge < -0.3 is 9.90 Å². The van der Waals surface area contributed by atoms with Gasteiger partial charge in [0.1, 0.15) is 5.78 Å². The van der Waals surface area contributed by atoms with Crippen LogP contribution in [0.2, 0.25) is 0 Å². The van der Waals surface area contributed by atoms with Crippen LogP contribution in [0.5, 0.6) is 0 Å². The molecule has 0 fully saturated rings. The highest BCUT2D eigenvalue weighted by Gasteiger charge is 2.30. The van der Waals surface area contributed by atoms with Gasteiger partial charge in [-0.3, -0.25) is 4.79 Å². The van der Waals surface area contributed by atoms with Crippen LogP contribution in [-0.2, 0) is 9.59 Å². The van der Waals surface area contributed by atoms with Crippen molar-refractivity contribution in [3.05, 3.63) is 0 Å². The third kappa shape index (κ3) is 4.06. The molecule has 13 heavy (non-hydrogen) atoms. The Bertz CT molecular complexity index is 174. The number of carbonyl (C=O) groups is 2. The van der Waals surface area contributed by atoms with Gasteiger partial charge in [-0.2, -0.15) is 0 Å². The van der Waals surface area contributed by atoms with E-state index >= 15 is 0 Å². The van der Waals surface area contributed by atoms with Crippen LogP contribution < -0.4 is 0 Å². The minimum atomic E-state index is -0.815. The normalized spacial score (nSPS) is 11.3. The zero-order valence-corrected chi connectivity index (χ0v) is 8.59. The van der Waals surface area contributed by atoms with Gasteiger partial charge in [0, 0.05) is 6.42 Å². The van der Waals surface area contributed by atoms with E-state index in [1.54, 1.807) is 0 Å². The molecule has 0 aliphatic rings. The number of Topliss-reactive ketones (excluding diaryl/α,β-unsaturated/α-hetero) is 1. The topological polar surface area (TPSA) is 54.4 Å². The average molecular weight is 186 g/mol. The summed E-state index contributed by atoms with van der Waals surface area (Å²) in [5, 5.41) is 8.71. The minimum Gasteiger partial charge on any atom is -0.481 e. The zero-order chi connectivity index (χ0) is 10.5. The Labute approximate surface area is 79.1 Å². The molecule has 0 saturated heterocycles. The highest BCUT2D eigenvalue weighted by Crippen LogP contribution is 2.34. The van der Waals surface area contributed by atoms with Gasteiger partial charge in [-0.25, -0.2) is 0 Å². The van der Waals surface area contributed by atoms with Gasteiger partial charge >= 0.3 is 5.97 Å². The first kappa shape index (κ1) is 12.1. The molecule has 3 heteroatoms. The molecule has 0 aliphatic carbocycles. The smallest absolute Gasteiger partial charge is 0.303 e. The third-order valence-electron chi connectivity index (χ3n) is 2.65. The number of carboxylic acids is 1. The Morgan fingerprint density at radius 2 is 1.62 bits per heavy atom. The van der Waals surface area contributed by atoms with Crippen molar-refractivity contribution in [2.45, 2.75) is 46.5 Å². The van der Waals surface area contributed by atoms with Crippen molar-refractivity contribution in [1.29, 1.82) is 0 Å². The van der Waals surface area contributed by atoms with Crippen LogP contribution in [0.1, 0.15) is 46.5 Å². The molecule has 0 aliphatic heterocycles. The molecule has 0 radical (unpaired) electrons. The lowest BCUT2D eigenvalue weighted by molar-refractivity contribution is -0.140. The fourth-order valence-electron chi connectivity index (χ4n) is 1.66. The molecule has 0 aromatic carbocycles. The molecule has 0 saturated carbocycles. The van der Waals surface area contributed by atoms with Crippen LogP contribution in [-0.4, -0.2) is 16.9 Å². The second-order valence-corrected chi connectivity index (χ2v) is 3.66. The van der Waals surface area contributed by atoms with Crippen molar-refractivity contribution in [3.63, 3.8) is 0 Å². The Hall–Kier alpha value is -0.860. The molecule has 1 N–H and O–H groups in total. The third-order valence-corrected chi connectivity index (χ3v) is 2.65. The first-order valence-corrected chi connectivity index (χ1v) is 4.67. The summed E-state index contributed by atoms with van der Waals surface area (Å²) in [6.45, 7) is 5.40. The summed E-state index contributed by atoms with van der Waals surface area (Å²) in [7, 11) is 0. The zero-order valence-electron chi connectivity index (χ0n) is 8.59. The van der Waals surface area contributed by atoms with Gasteiger partial charge in [-0.05, 0) is 25.2 Å². The number of rotatable bonds is 6. The van der Waals surface area contributed by atoms with E-state index in [2.05, 4.69) is 0 Å². The predicted molar refractivity (Wildman–Crippen MR) is 50.6 cm³/mol. The van der Waals surface area contributed by atoms with Gasteiger partial charge in [0.25, 0.3) is 0 Å². The first-order valence-electron chi connectivity index (χ1n) is 4.67. The maximum absolute atomic E-state index is 11.0. The van der Waals surface area contributed by atoms with E-state index in [4.69, 9.17) is 5.11 Å². The minimum absolute atomic E-state index is 0.0740. The SMILES string of the molecule is CCC(CC)(CC(C)=O)CC(=O)O. The van der Waals surface area contributed by atoms with Crippen LogP contribution in [0.3, 0.4) is 0 Å². The Morgan fingerprint density at radius 1 is 1.15 bits per heavy atom. The maximum Gasteiger partial charge on any atom is 0.303 e. The summed E-state index contributed by atoms with van der Waals surface area (Å²) in [6.07, 6.45) is 1.97. The Kier molecular flexibility index (Phi) is 4.67. The Morgan fingerprint density at radius 3 is 1.85 bits per heavy atom. The van der Waals surface area contributed by atoms with Gasteiger partial charge in [-0.15, -0.1) is 0 Å². The van der Waals surface area contributed by atoms with Gasteiger partial charge in [0.05, 0.1) is 6.42 Å². The summed E-state index contributed by atoms with van der Waals surface area (Å²) >= 11 is 0. The molecule has 0 unspecified atom stereocenters. The van der Waals surface area contributed by atoms with Crippen LogP contribution in [0.15, 0.2) is 0 Å². The summed E-state index contributed by atoms with van der Waals surface area (Å²) in [5.41, 5.74) is -0.322. The second kappa shape index (κ2) is 5.00. The van der Waals surface area contributed by atoms with E-state index in [0.717, 1.165) is 12.8 Å². The van der Waals surface area contributed by atoms with E-state index in [1.165, 1.54) is 6.92 Å². The van der Waals surface area contributed by atoms with E-state index < -0.39 is 5.97 Å². The van der Waals surface area contributed by atoms with Gasteiger partial charge in [0.2, 0.25) is 0 Å². The quantitative estimate of drug-likeness (QED) is 0.692. The highest BCUT2D eigenvalue weighted by molar-refractivity contribution is 5.77. The monoisotopic (exact) mass is 186 g/mol. The molecule has 0 aromatic heterocycles. The van der Waals surface area contributed by atoms with Gasteiger partial charge in [-0.1, -0.05) is 13.8 Å². The number of ketones is 1. The number of carbonyl (C=O) groups excluding carboxylic acids is 1. The Balaban J connectivity index is 4.48. The summed E-state index contributed by atoms with van der Waals surface area (Å²) in [4.78, 5) is 21.6. The van der Waals surface area contributed by atoms with Crippen LogP contribution in [0.4, 0.5) is 0 Å². The second-order valence-electron chi connectivity index (χ2n) is 3.66. The first-order chi connectivity index (χ1) is 5.95. The van der Waals surface area contributed by atoms with Crippen molar-refractivity contribution in [3.8, 4) is 0 Å². The summed E-state index contributed by atoms with van der Waals surface area (Å²) < 4.78 is 0. The molecule has 0 aromatic rings. The number of hydrogen-bond donors (Lipinski definition) is 1. The molecule has 3 nitrogen and oxygen atoms in total. The lowest BCUT2D eigenvalue weighted by atomic mass is 9.75. The van der Waals surface area contributed by atoms with Crippen LogP contribution in [0, 0.1) is 5.41 Å². The highest BCUT2D eigenvalue weighted by atomic mass is 16.4. The van der Waals surface area contributed by atoms with Gasteiger partial charge in [0.15, 0.2) is 0 Å². The van der Waals surface area contributed by atoms with E-state index in [-0.39, 0.29) is 17.6 Å². The number of carboxylic acid groups (broad SMARTS) is 1. The molecule has 0 heterocycles. The van der Waals surface area contributed by atoms with Crippen molar-refractivity contribution < 1.29 is 14.7 Å². The van der Waals surface area contributed by atoms with Crippen molar-refractivity contribution in [2.24, 2.45) is 5.41 Å². The van der Waals surface area contributed by atoms with E-state index in [9.17, 15) is 9.59 Å². The molecular formula is C10H18O3. The van der Waals surface area contributed by atoms with Crippen LogP contribution in [0.25, 0.3) is 0 Å². The van der Waals surface area contributed by atoms with Crippen LogP contribution >= 0.6 is 0 Å². The molecule has 0 atom stereocenters. The van der Waals surface area contributed by atoms with Crippen molar-refractivity contribution in [1.82, 2.24) is 0 Å². The lowest BCUT2D eigenvalue weighted by Gasteiger charge is -2.28. The fourth-order valence-corrected chi connectivity index (χ4v) is 1.66. The molecule has 76 valence electrons.